The molecule has 3 aromatic carbocycles. The van der Waals surface area contributed by atoms with Crippen molar-refractivity contribution in [3.8, 4) is 0 Å². The first-order valence-corrected chi connectivity index (χ1v) is 9.02. The summed E-state index contributed by atoms with van der Waals surface area (Å²) < 4.78 is 0. The van der Waals surface area contributed by atoms with E-state index in [1.807, 2.05) is 48.5 Å². The normalized spacial score (nSPS) is 11.2. The number of carbonyl (C=O) groups excluding carboxylic acids is 1. The van der Waals surface area contributed by atoms with Crippen LogP contribution in [0.2, 0.25) is 0 Å². The van der Waals surface area contributed by atoms with Gasteiger partial charge in [-0.05, 0) is 86.6 Å². The zero-order valence-corrected chi connectivity index (χ0v) is 15.8. The molecule has 3 aromatic rings. The number of benzene rings is 3. The van der Waals surface area contributed by atoms with Gasteiger partial charge in [-0.2, -0.15) is 20.5 Å². The van der Waals surface area contributed by atoms with Crippen molar-refractivity contribution in [2.75, 3.05) is 11.9 Å². The predicted molar refractivity (Wildman–Crippen MR) is 112 cm³/mol. The van der Waals surface area contributed by atoms with Crippen molar-refractivity contribution in [1.82, 2.24) is 0 Å². The number of ketones is 1. The van der Waals surface area contributed by atoms with Gasteiger partial charge in [-0.25, -0.2) is 0 Å². The lowest BCUT2D eigenvalue weighted by molar-refractivity contribution is 0.101. The summed E-state index contributed by atoms with van der Waals surface area (Å²) in [5.74, 6) is 0.0295. The summed E-state index contributed by atoms with van der Waals surface area (Å²) in [5, 5.41) is 20.1. The summed E-state index contributed by atoms with van der Waals surface area (Å²) in [6, 6.07) is 22.1. The molecule has 0 radical (unpaired) electrons. The fourth-order valence-corrected chi connectivity index (χ4v) is 2.43. The van der Waals surface area contributed by atoms with E-state index in [1.165, 1.54) is 6.92 Å². The number of hydrogen-bond acceptors (Lipinski definition) is 6. The summed E-state index contributed by atoms with van der Waals surface area (Å²) in [5.41, 5.74) is 4.65. The van der Waals surface area contributed by atoms with E-state index >= 15 is 0 Å². The fourth-order valence-electron chi connectivity index (χ4n) is 2.43. The van der Waals surface area contributed by atoms with Crippen LogP contribution >= 0.6 is 0 Å². The smallest absolute Gasteiger partial charge is 0.159 e. The first-order valence-electron chi connectivity index (χ1n) is 9.02. The quantitative estimate of drug-likeness (QED) is 0.353. The number of azo groups is 2. The molecule has 140 valence electrons. The third-order valence-electron chi connectivity index (χ3n) is 3.93. The Morgan fingerprint density at radius 3 is 1.39 bits per heavy atom. The van der Waals surface area contributed by atoms with Crippen molar-refractivity contribution in [2.45, 2.75) is 13.8 Å². The van der Waals surface area contributed by atoms with Crippen molar-refractivity contribution in [3.63, 3.8) is 0 Å². The molecule has 3 rings (SSSR count). The Hall–Kier alpha value is -3.67. The first kappa shape index (κ1) is 19.1. The van der Waals surface area contributed by atoms with Gasteiger partial charge in [0.1, 0.15) is 0 Å². The molecule has 0 amide bonds. The van der Waals surface area contributed by atoms with Crippen LogP contribution in [0.15, 0.2) is 93.3 Å². The highest BCUT2D eigenvalue weighted by atomic mass is 16.1. The lowest BCUT2D eigenvalue weighted by Gasteiger charge is -2.01. The monoisotopic (exact) mass is 371 g/mol. The summed E-state index contributed by atoms with van der Waals surface area (Å²) >= 11 is 0. The molecule has 1 N–H and O–H groups in total. The molecule has 0 aliphatic carbocycles. The molecule has 0 spiro atoms. The van der Waals surface area contributed by atoms with Crippen LogP contribution in [-0.2, 0) is 0 Å². The Kier molecular flexibility index (Phi) is 6.36. The number of nitrogens with zero attached hydrogens (tertiary/aromatic N) is 4. The summed E-state index contributed by atoms with van der Waals surface area (Å²) in [7, 11) is 0. The number of Topliss-reactive ketones (excluding diaryl/α,β-unsaturated/α-hetero) is 1. The molecule has 0 atom stereocenters. The van der Waals surface area contributed by atoms with E-state index in [0.717, 1.165) is 23.6 Å². The molecule has 0 aliphatic rings. The topological polar surface area (TPSA) is 78.5 Å². The van der Waals surface area contributed by atoms with Gasteiger partial charge in [-0.1, -0.05) is 0 Å². The Morgan fingerprint density at radius 1 is 0.679 bits per heavy atom. The standard InChI is InChI=1S/C22H21N5O/c1-3-23-18-8-10-20(11-9-18)25-27-22-14-12-21(13-15-22)26-24-19-6-4-17(5-7-19)16(2)28/h4-15,23H,3H2,1-2H3. The molecule has 6 nitrogen and oxygen atoms in total. The average Bonchev–Trinajstić information content (AvgIpc) is 2.73. The molecular formula is C22H21N5O. The molecule has 6 heteroatoms. The lowest BCUT2D eigenvalue weighted by atomic mass is 10.1. The van der Waals surface area contributed by atoms with Gasteiger partial charge in [0.15, 0.2) is 5.78 Å². The second kappa shape index (κ2) is 9.32. The van der Waals surface area contributed by atoms with Crippen LogP contribution in [0.3, 0.4) is 0 Å². The molecule has 0 aromatic heterocycles. The van der Waals surface area contributed by atoms with Crippen molar-refractivity contribution in [2.24, 2.45) is 20.5 Å². The van der Waals surface area contributed by atoms with Gasteiger partial charge in [0.25, 0.3) is 0 Å². The van der Waals surface area contributed by atoms with Crippen LogP contribution in [0.4, 0.5) is 28.4 Å². The van der Waals surface area contributed by atoms with Crippen LogP contribution in [0.1, 0.15) is 24.2 Å². The number of carbonyl (C=O) groups is 1. The number of nitrogens with one attached hydrogen (secondary N) is 1. The van der Waals surface area contributed by atoms with E-state index in [1.54, 1.807) is 24.3 Å². The minimum Gasteiger partial charge on any atom is -0.385 e. The Morgan fingerprint density at radius 2 is 1.04 bits per heavy atom. The molecule has 0 saturated carbocycles. The van der Waals surface area contributed by atoms with Gasteiger partial charge in [-0.3, -0.25) is 4.79 Å². The van der Waals surface area contributed by atoms with Gasteiger partial charge in [0, 0.05) is 17.8 Å². The fraction of sp³-hybridized carbons (Fsp3) is 0.136. The Labute approximate surface area is 164 Å². The predicted octanol–water partition coefficient (Wildman–Crippen LogP) is 7.15. The molecule has 0 unspecified atom stereocenters. The summed E-state index contributed by atoms with van der Waals surface area (Å²) in [6.45, 7) is 4.48. The van der Waals surface area contributed by atoms with Crippen LogP contribution < -0.4 is 5.32 Å². The number of hydrogen-bond donors (Lipinski definition) is 1. The maximum absolute atomic E-state index is 11.3. The van der Waals surface area contributed by atoms with Crippen molar-refractivity contribution in [3.05, 3.63) is 78.4 Å². The minimum absolute atomic E-state index is 0.0295. The summed E-state index contributed by atoms with van der Waals surface area (Å²) in [6.07, 6.45) is 0. The van der Waals surface area contributed by atoms with E-state index in [-0.39, 0.29) is 5.78 Å². The zero-order valence-electron chi connectivity index (χ0n) is 15.8. The SMILES string of the molecule is CCNc1ccc(N=Nc2ccc(N=Nc3ccc(C(C)=O)cc3)cc2)cc1. The lowest BCUT2D eigenvalue weighted by Crippen LogP contribution is -1.94. The van der Waals surface area contributed by atoms with Gasteiger partial charge < -0.3 is 5.32 Å². The van der Waals surface area contributed by atoms with E-state index in [0.29, 0.717) is 16.9 Å². The highest BCUT2D eigenvalue weighted by Gasteiger charge is 1.98. The van der Waals surface area contributed by atoms with Crippen LogP contribution in [0.25, 0.3) is 0 Å². The highest BCUT2D eigenvalue weighted by Crippen LogP contribution is 2.24. The third kappa shape index (κ3) is 5.41. The Bertz CT molecular complexity index is 975. The maximum atomic E-state index is 11.3. The van der Waals surface area contributed by atoms with E-state index in [2.05, 4.69) is 32.7 Å². The van der Waals surface area contributed by atoms with Crippen LogP contribution in [0.5, 0.6) is 0 Å². The van der Waals surface area contributed by atoms with Gasteiger partial charge in [-0.15, -0.1) is 0 Å². The van der Waals surface area contributed by atoms with Crippen LogP contribution in [-0.4, -0.2) is 12.3 Å². The molecule has 0 fully saturated rings. The van der Waals surface area contributed by atoms with Crippen molar-refractivity contribution < 1.29 is 4.79 Å². The van der Waals surface area contributed by atoms with E-state index in [4.69, 9.17) is 0 Å². The molecule has 0 saturated heterocycles. The van der Waals surface area contributed by atoms with Gasteiger partial charge in [0.2, 0.25) is 0 Å². The second-order valence-corrected chi connectivity index (χ2v) is 6.10. The van der Waals surface area contributed by atoms with E-state index < -0.39 is 0 Å². The number of rotatable bonds is 7. The largest absolute Gasteiger partial charge is 0.385 e. The third-order valence-corrected chi connectivity index (χ3v) is 3.93. The van der Waals surface area contributed by atoms with Crippen LogP contribution in [0, 0.1) is 0 Å². The van der Waals surface area contributed by atoms with Gasteiger partial charge >= 0.3 is 0 Å². The van der Waals surface area contributed by atoms with Gasteiger partial charge in [0.05, 0.1) is 22.7 Å². The molecule has 0 heterocycles. The maximum Gasteiger partial charge on any atom is 0.159 e. The Balaban J connectivity index is 1.61. The van der Waals surface area contributed by atoms with Crippen molar-refractivity contribution >= 4 is 34.2 Å². The molecule has 0 aliphatic heterocycles. The summed E-state index contributed by atoms with van der Waals surface area (Å²) in [4.78, 5) is 11.3. The second-order valence-electron chi connectivity index (χ2n) is 6.10. The molecule has 0 bridgehead atoms. The molecule has 28 heavy (non-hydrogen) atoms. The zero-order chi connectivity index (χ0) is 19.8. The molecular weight excluding hydrogens is 350 g/mol. The highest BCUT2D eigenvalue weighted by molar-refractivity contribution is 5.94. The first-order chi connectivity index (χ1) is 13.6. The minimum atomic E-state index is 0.0295. The average molecular weight is 371 g/mol. The van der Waals surface area contributed by atoms with Crippen molar-refractivity contribution in [1.29, 1.82) is 0 Å². The number of anilines is 1. The van der Waals surface area contributed by atoms with E-state index in [9.17, 15) is 4.79 Å².